The van der Waals surface area contributed by atoms with Gasteiger partial charge in [-0.1, -0.05) is 193 Å². The molecule has 0 radical (unpaired) electrons. The number of hydrogen-bond donors (Lipinski definition) is 0. The van der Waals surface area contributed by atoms with Gasteiger partial charge in [0.15, 0.2) is 0 Å². The quantitative estimate of drug-likeness (QED) is 0.128. The molecule has 2 heterocycles. The van der Waals surface area contributed by atoms with Crippen molar-refractivity contribution in [2.75, 3.05) is 14.7 Å². The Kier molecular flexibility index (Phi) is 11.3. The van der Waals surface area contributed by atoms with E-state index in [0.29, 0.717) is 5.56 Å². The number of anilines is 9. The van der Waals surface area contributed by atoms with Gasteiger partial charge in [0.05, 0.1) is 23.0 Å². The summed E-state index contributed by atoms with van der Waals surface area (Å²) in [4.78, 5) is 9.67. The standard InChI is InChI=1S/C67H45BN4S/c69-46-47-42-57(49-24-9-2-10-25-49)67(71(53-30-15-5-16-31-53)54-32-17-6-18-33-54)58(43-47)50-38-40-59-63(44-50)72(61-35-20-19-34-56(61)48-22-7-1-8-23-48)62-36-21-37-64-66(62)68(59)60-41-39-55(45-65(60)73-64)70(51-26-11-3-12-27-51)52-28-13-4-14-29-52/h1-45H. The molecule has 0 spiro atoms. The Morgan fingerprint density at radius 1 is 0.356 bits per heavy atom. The summed E-state index contributed by atoms with van der Waals surface area (Å²) in [5.74, 6) is 0. The minimum Gasteiger partial charge on any atom is -0.311 e. The minimum absolute atomic E-state index is 0.0579. The lowest BCUT2D eigenvalue weighted by Gasteiger charge is -2.41. The molecule has 13 rings (SSSR count). The van der Waals surface area contributed by atoms with Crippen molar-refractivity contribution in [2.24, 2.45) is 0 Å². The molecule has 0 fully saturated rings. The zero-order chi connectivity index (χ0) is 48.7. The molecule has 2 aliphatic rings. The number of nitrogens with zero attached hydrogens (tertiary/aromatic N) is 4. The summed E-state index contributed by atoms with van der Waals surface area (Å²) in [5, 5.41) is 10.9. The van der Waals surface area contributed by atoms with E-state index in [-0.39, 0.29) is 6.71 Å². The van der Waals surface area contributed by atoms with E-state index < -0.39 is 0 Å². The third kappa shape index (κ3) is 7.84. The molecule has 11 aromatic carbocycles. The highest BCUT2D eigenvalue weighted by molar-refractivity contribution is 8.00. The molecule has 0 amide bonds. The molecule has 0 saturated heterocycles. The topological polar surface area (TPSA) is 33.5 Å². The van der Waals surface area contributed by atoms with Gasteiger partial charge in [0.1, 0.15) is 0 Å². The molecular weight excluding hydrogens is 904 g/mol. The predicted octanol–water partition coefficient (Wildman–Crippen LogP) is 16.3. The van der Waals surface area contributed by atoms with Gasteiger partial charge in [-0.3, -0.25) is 0 Å². The molecule has 0 unspecified atom stereocenters. The molecule has 6 heteroatoms. The lowest BCUT2D eigenvalue weighted by Crippen LogP contribution is -2.59. The van der Waals surface area contributed by atoms with Crippen LogP contribution in [0.4, 0.5) is 51.2 Å². The van der Waals surface area contributed by atoms with Crippen LogP contribution in [0, 0.1) is 11.3 Å². The van der Waals surface area contributed by atoms with Crippen LogP contribution >= 0.6 is 11.8 Å². The largest absolute Gasteiger partial charge is 0.311 e. The molecule has 11 aromatic rings. The van der Waals surface area contributed by atoms with Gasteiger partial charge in [-0.25, -0.2) is 0 Å². The number of fused-ring (bicyclic) bond motifs is 4. The van der Waals surface area contributed by atoms with E-state index in [1.54, 1.807) is 0 Å². The van der Waals surface area contributed by atoms with E-state index in [0.717, 1.165) is 84.6 Å². The minimum atomic E-state index is -0.0579. The van der Waals surface area contributed by atoms with Gasteiger partial charge in [0, 0.05) is 66.3 Å². The third-order valence-corrected chi connectivity index (χ3v) is 15.2. The molecule has 4 nitrogen and oxygen atoms in total. The molecule has 0 atom stereocenters. The zero-order valence-electron chi connectivity index (χ0n) is 39.8. The maximum atomic E-state index is 10.9. The van der Waals surface area contributed by atoms with E-state index in [9.17, 15) is 5.26 Å². The van der Waals surface area contributed by atoms with Gasteiger partial charge in [-0.05, 0) is 125 Å². The highest BCUT2D eigenvalue weighted by Gasteiger charge is 2.42. The van der Waals surface area contributed by atoms with E-state index >= 15 is 0 Å². The van der Waals surface area contributed by atoms with Crippen LogP contribution in [0.25, 0.3) is 33.4 Å². The first kappa shape index (κ1) is 43.7. The molecule has 2 aliphatic heterocycles. The van der Waals surface area contributed by atoms with Crippen molar-refractivity contribution in [2.45, 2.75) is 9.79 Å². The molecule has 0 saturated carbocycles. The van der Waals surface area contributed by atoms with Crippen LogP contribution in [-0.2, 0) is 0 Å². The van der Waals surface area contributed by atoms with Gasteiger partial charge < -0.3 is 14.7 Å². The maximum absolute atomic E-state index is 10.9. The average Bonchev–Trinajstić information content (AvgIpc) is 3.46. The SMILES string of the molecule is N#Cc1cc(-c2ccccc2)c(N(c2ccccc2)c2ccccc2)c(-c2ccc3c(c2)N(c2ccccc2-c2ccccc2)c2cccc4c2B3c2ccc(N(c3ccccc3)c3ccccc3)cc2S4)c1. The van der Waals surface area contributed by atoms with Crippen molar-refractivity contribution < 1.29 is 0 Å². The predicted molar refractivity (Wildman–Crippen MR) is 307 cm³/mol. The maximum Gasteiger partial charge on any atom is 0.249 e. The molecule has 0 aromatic heterocycles. The van der Waals surface area contributed by atoms with Crippen molar-refractivity contribution in [3.8, 4) is 39.4 Å². The van der Waals surface area contributed by atoms with Crippen LogP contribution in [0.3, 0.4) is 0 Å². The van der Waals surface area contributed by atoms with Crippen LogP contribution < -0.4 is 31.1 Å². The molecule has 73 heavy (non-hydrogen) atoms. The molecule has 0 N–H and O–H groups in total. The fraction of sp³-hybridized carbons (Fsp3) is 0. The van der Waals surface area contributed by atoms with Crippen LogP contribution in [-0.4, -0.2) is 6.71 Å². The van der Waals surface area contributed by atoms with Crippen molar-refractivity contribution in [3.63, 3.8) is 0 Å². The smallest absolute Gasteiger partial charge is 0.249 e. The van der Waals surface area contributed by atoms with Gasteiger partial charge >= 0.3 is 0 Å². The van der Waals surface area contributed by atoms with E-state index in [4.69, 9.17) is 0 Å². The van der Waals surface area contributed by atoms with Gasteiger partial charge in [-0.2, -0.15) is 5.26 Å². The summed E-state index contributed by atoms with van der Waals surface area (Å²) in [6, 6.07) is 100. The average molecular weight is 949 g/mol. The van der Waals surface area contributed by atoms with Crippen LogP contribution in [0.1, 0.15) is 5.56 Å². The van der Waals surface area contributed by atoms with Gasteiger partial charge in [-0.15, -0.1) is 0 Å². The number of hydrogen-bond acceptors (Lipinski definition) is 5. The number of rotatable bonds is 10. The summed E-state index contributed by atoms with van der Waals surface area (Å²) < 4.78 is 0. The van der Waals surface area contributed by atoms with E-state index in [1.807, 2.05) is 23.9 Å². The Balaban J connectivity index is 1.07. The zero-order valence-corrected chi connectivity index (χ0v) is 40.6. The number of nitriles is 1. The fourth-order valence-corrected chi connectivity index (χ4v) is 12.1. The van der Waals surface area contributed by atoms with Crippen LogP contribution in [0.5, 0.6) is 0 Å². The second-order valence-corrected chi connectivity index (χ2v) is 19.4. The Morgan fingerprint density at radius 2 is 0.849 bits per heavy atom. The van der Waals surface area contributed by atoms with E-state index in [2.05, 4.69) is 282 Å². The molecule has 342 valence electrons. The summed E-state index contributed by atoms with van der Waals surface area (Å²) in [7, 11) is 0. The highest BCUT2D eigenvalue weighted by atomic mass is 32.2. The number of para-hydroxylation sites is 5. The fourth-order valence-electron chi connectivity index (χ4n) is 10.9. The first-order valence-electron chi connectivity index (χ1n) is 24.7. The Labute approximate surface area is 431 Å². The second-order valence-electron chi connectivity index (χ2n) is 18.3. The lowest BCUT2D eigenvalue weighted by atomic mass is 9.35. The Bertz CT molecular complexity index is 3770. The summed E-state index contributed by atoms with van der Waals surface area (Å²) in [5.41, 5.74) is 20.3. The molecule has 0 aliphatic carbocycles. The van der Waals surface area contributed by atoms with E-state index in [1.165, 1.54) is 26.2 Å². The van der Waals surface area contributed by atoms with Crippen molar-refractivity contribution in [3.05, 3.63) is 279 Å². The van der Waals surface area contributed by atoms with Crippen molar-refractivity contribution in [1.82, 2.24) is 0 Å². The lowest BCUT2D eigenvalue weighted by molar-refractivity contribution is 1.25. The van der Waals surface area contributed by atoms with Gasteiger partial charge in [0.25, 0.3) is 0 Å². The molecular formula is C67H45BN4S. The number of benzene rings is 11. The second kappa shape index (κ2) is 18.8. The summed E-state index contributed by atoms with van der Waals surface area (Å²) >= 11 is 1.86. The van der Waals surface area contributed by atoms with Gasteiger partial charge in [0.2, 0.25) is 6.71 Å². The van der Waals surface area contributed by atoms with Crippen molar-refractivity contribution in [1.29, 1.82) is 5.26 Å². The monoisotopic (exact) mass is 948 g/mol. The van der Waals surface area contributed by atoms with Crippen molar-refractivity contribution >= 4 is 86.0 Å². The third-order valence-electron chi connectivity index (χ3n) is 14.1. The summed E-state index contributed by atoms with van der Waals surface area (Å²) in [6.45, 7) is -0.0579. The Hall–Kier alpha value is -9.28. The van der Waals surface area contributed by atoms with Crippen LogP contribution in [0.15, 0.2) is 283 Å². The Morgan fingerprint density at radius 3 is 1.44 bits per heavy atom. The molecule has 0 bridgehead atoms. The highest BCUT2D eigenvalue weighted by Crippen LogP contribution is 2.50. The summed E-state index contributed by atoms with van der Waals surface area (Å²) in [6.07, 6.45) is 0. The van der Waals surface area contributed by atoms with Crippen LogP contribution in [0.2, 0.25) is 0 Å². The normalized spacial score (nSPS) is 12.0. The first-order chi connectivity index (χ1) is 36.2. The first-order valence-corrected chi connectivity index (χ1v) is 25.5.